The van der Waals surface area contributed by atoms with Gasteiger partial charge in [0.2, 0.25) is 0 Å². The Balaban J connectivity index is 2.44. The van der Waals surface area contributed by atoms with E-state index in [1.54, 1.807) is 6.92 Å². The van der Waals surface area contributed by atoms with E-state index in [1.165, 1.54) is 38.5 Å². The van der Waals surface area contributed by atoms with Crippen molar-refractivity contribution in [3.8, 4) is 11.5 Å². The highest BCUT2D eigenvalue weighted by atomic mass is 16.6. The molecule has 9 nitrogen and oxygen atoms in total. The van der Waals surface area contributed by atoms with Crippen molar-refractivity contribution >= 4 is 23.3 Å². The summed E-state index contributed by atoms with van der Waals surface area (Å²) in [6.07, 6.45) is 0. The van der Waals surface area contributed by atoms with Crippen LogP contribution in [0.4, 0.5) is 11.4 Å². The number of nitro groups is 1. The van der Waals surface area contributed by atoms with Crippen molar-refractivity contribution in [2.75, 3.05) is 19.5 Å². The number of anilines is 1. The van der Waals surface area contributed by atoms with Crippen LogP contribution in [0.2, 0.25) is 0 Å². The number of aromatic carboxylic acids is 1. The van der Waals surface area contributed by atoms with Crippen molar-refractivity contribution in [2.24, 2.45) is 0 Å². The average molecular weight is 360 g/mol. The van der Waals surface area contributed by atoms with Gasteiger partial charge >= 0.3 is 5.97 Å². The van der Waals surface area contributed by atoms with Crippen molar-refractivity contribution in [2.45, 2.75) is 6.92 Å². The van der Waals surface area contributed by atoms with Crippen LogP contribution in [0.1, 0.15) is 26.3 Å². The molecule has 0 bridgehead atoms. The maximum atomic E-state index is 12.4. The van der Waals surface area contributed by atoms with E-state index < -0.39 is 16.8 Å². The molecule has 0 saturated carbocycles. The van der Waals surface area contributed by atoms with Gasteiger partial charge in [0.15, 0.2) is 11.5 Å². The number of carboxylic acid groups (broad SMARTS) is 1. The second-order valence-electron chi connectivity index (χ2n) is 5.27. The summed E-state index contributed by atoms with van der Waals surface area (Å²) in [4.78, 5) is 34.3. The predicted octanol–water partition coefficient (Wildman–Crippen LogP) is 2.87. The van der Waals surface area contributed by atoms with E-state index in [-0.39, 0.29) is 34.0 Å². The number of ether oxygens (including phenoxy) is 2. The summed E-state index contributed by atoms with van der Waals surface area (Å²) in [5, 5.41) is 22.8. The molecule has 2 N–H and O–H groups in total. The lowest BCUT2D eigenvalue weighted by Gasteiger charge is -2.14. The molecule has 2 rings (SSSR count). The Morgan fingerprint density at radius 3 is 2.27 bits per heavy atom. The number of amides is 1. The SMILES string of the molecule is COc1cc(NC(=O)c2ccc(C)c([N+](=O)[O-])c2)c(C(=O)O)cc1OC. The molecule has 2 aromatic rings. The lowest BCUT2D eigenvalue weighted by atomic mass is 10.1. The minimum absolute atomic E-state index is 0.0217. The highest BCUT2D eigenvalue weighted by Crippen LogP contribution is 2.33. The Morgan fingerprint density at radius 1 is 1.12 bits per heavy atom. The summed E-state index contributed by atoms with van der Waals surface area (Å²) in [6, 6.07) is 6.52. The molecule has 26 heavy (non-hydrogen) atoms. The third kappa shape index (κ3) is 3.72. The maximum absolute atomic E-state index is 12.4. The number of nitro benzene ring substituents is 1. The number of carboxylic acids is 1. The molecule has 1 amide bonds. The zero-order valence-corrected chi connectivity index (χ0v) is 14.2. The number of benzene rings is 2. The maximum Gasteiger partial charge on any atom is 0.337 e. The molecule has 0 atom stereocenters. The van der Waals surface area contributed by atoms with Crippen LogP contribution in [0.5, 0.6) is 11.5 Å². The van der Waals surface area contributed by atoms with Crippen LogP contribution < -0.4 is 14.8 Å². The molecule has 0 aliphatic rings. The number of carbonyl (C=O) groups excluding carboxylic acids is 1. The minimum atomic E-state index is -1.28. The van der Waals surface area contributed by atoms with Crippen LogP contribution in [0.3, 0.4) is 0 Å². The number of nitrogens with one attached hydrogen (secondary N) is 1. The summed E-state index contributed by atoms with van der Waals surface area (Å²) in [5.41, 5.74) is -0.0123. The first-order valence-corrected chi connectivity index (χ1v) is 7.34. The molecule has 136 valence electrons. The molecule has 9 heteroatoms. The van der Waals surface area contributed by atoms with Crippen molar-refractivity contribution in [3.05, 3.63) is 57.1 Å². The molecule has 0 aliphatic carbocycles. The number of rotatable bonds is 6. The van der Waals surface area contributed by atoms with E-state index >= 15 is 0 Å². The molecular weight excluding hydrogens is 344 g/mol. The first-order chi connectivity index (χ1) is 12.3. The smallest absolute Gasteiger partial charge is 0.337 e. The van der Waals surface area contributed by atoms with Gasteiger partial charge in [-0.1, -0.05) is 6.07 Å². The van der Waals surface area contributed by atoms with Crippen molar-refractivity contribution in [1.82, 2.24) is 0 Å². The quantitative estimate of drug-likeness (QED) is 0.598. The molecule has 0 heterocycles. The molecule has 0 fully saturated rings. The lowest BCUT2D eigenvalue weighted by Crippen LogP contribution is -2.15. The van der Waals surface area contributed by atoms with Crippen LogP contribution in [0, 0.1) is 17.0 Å². The molecule has 0 aliphatic heterocycles. The van der Waals surface area contributed by atoms with Crippen LogP contribution in [-0.2, 0) is 0 Å². The number of hydrogen-bond acceptors (Lipinski definition) is 6. The van der Waals surface area contributed by atoms with Gasteiger partial charge in [0.1, 0.15) is 0 Å². The zero-order chi connectivity index (χ0) is 19.4. The summed E-state index contributed by atoms with van der Waals surface area (Å²) in [6.45, 7) is 1.55. The van der Waals surface area contributed by atoms with E-state index in [0.29, 0.717) is 5.56 Å². The number of nitrogens with zero attached hydrogens (tertiary/aromatic N) is 1. The molecule has 0 spiro atoms. The normalized spacial score (nSPS) is 10.1. The highest BCUT2D eigenvalue weighted by molar-refractivity contribution is 6.08. The molecule has 2 aromatic carbocycles. The third-order valence-corrected chi connectivity index (χ3v) is 3.67. The number of methoxy groups -OCH3 is 2. The monoisotopic (exact) mass is 360 g/mol. The second kappa shape index (κ2) is 7.51. The van der Waals surface area contributed by atoms with Crippen LogP contribution in [0.15, 0.2) is 30.3 Å². The highest BCUT2D eigenvalue weighted by Gasteiger charge is 2.20. The lowest BCUT2D eigenvalue weighted by molar-refractivity contribution is -0.385. The first-order valence-electron chi connectivity index (χ1n) is 7.34. The molecule has 0 radical (unpaired) electrons. The topological polar surface area (TPSA) is 128 Å². The predicted molar refractivity (Wildman–Crippen MR) is 92.3 cm³/mol. The molecule has 0 aromatic heterocycles. The average Bonchev–Trinajstić information content (AvgIpc) is 2.60. The Kier molecular flexibility index (Phi) is 5.41. The van der Waals surface area contributed by atoms with Crippen molar-refractivity contribution < 1.29 is 29.1 Å². The fourth-order valence-electron chi connectivity index (χ4n) is 2.30. The zero-order valence-electron chi connectivity index (χ0n) is 14.2. The van der Waals surface area contributed by atoms with Gasteiger partial charge in [0.05, 0.1) is 30.4 Å². The molecule has 0 unspecified atom stereocenters. The van der Waals surface area contributed by atoms with Gasteiger partial charge in [-0.25, -0.2) is 4.79 Å². The van der Waals surface area contributed by atoms with Gasteiger partial charge in [0, 0.05) is 29.3 Å². The van der Waals surface area contributed by atoms with Gasteiger partial charge in [-0.3, -0.25) is 14.9 Å². The van der Waals surface area contributed by atoms with E-state index in [1.807, 2.05) is 0 Å². The number of aryl methyl sites for hydroxylation is 1. The fraction of sp³-hybridized carbons (Fsp3) is 0.176. The summed E-state index contributed by atoms with van der Waals surface area (Å²) in [5.74, 6) is -1.56. The molecular formula is C17H16N2O7. The van der Waals surface area contributed by atoms with Gasteiger partial charge < -0.3 is 19.9 Å². The standard InChI is InChI=1S/C17H16N2O7/c1-9-4-5-10(6-13(9)19(23)24)16(20)18-12-8-15(26-3)14(25-2)7-11(12)17(21)22/h4-8H,1-3H3,(H,18,20)(H,21,22). The van der Waals surface area contributed by atoms with E-state index in [2.05, 4.69) is 5.32 Å². The summed E-state index contributed by atoms with van der Waals surface area (Å²) < 4.78 is 10.2. The minimum Gasteiger partial charge on any atom is -0.493 e. The Morgan fingerprint density at radius 2 is 1.73 bits per heavy atom. The third-order valence-electron chi connectivity index (χ3n) is 3.67. The Hall–Kier alpha value is -3.62. The summed E-state index contributed by atoms with van der Waals surface area (Å²) in [7, 11) is 2.72. The van der Waals surface area contributed by atoms with E-state index in [0.717, 1.165) is 6.07 Å². The largest absolute Gasteiger partial charge is 0.493 e. The van der Waals surface area contributed by atoms with Gasteiger partial charge in [0.25, 0.3) is 11.6 Å². The number of hydrogen-bond donors (Lipinski definition) is 2. The van der Waals surface area contributed by atoms with Crippen LogP contribution in [0.25, 0.3) is 0 Å². The Labute approximate surface area is 148 Å². The second-order valence-corrected chi connectivity index (χ2v) is 5.27. The van der Waals surface area contributed by atoms with Crippen LogP contribution in [-0.4, -0.2) is 36.1 Å². The van der Waals surface area contributed by atoms with Gasteiger partial charge in [-0.15, -0.1) is 0 Å². The fourth-order valence-corrected chi connectivity index (χ4v) is 2.30. The molecule has 0 saturated heterocycles. The summed E-state index contributed by atoms with van der Waals surface area (Å²) >= 11 is 0. The first kappa shape index (κ1) is 18.7. The Bertz CT molecular complexity index is 893. The number of carbonyl (C=O) groups is 2. The van der Waals surface area contributed by atoms with E-state index in [4.69, 9.17) is 9.47 Å². The van der Waals surface area contributed by atoms with Crippen molar-refractivity contribution in [3.63, 3.8) is 0 Å². The van der Waals surface area contributed by atoms with Gasteiger partial charge in [-0.2, -0.15) is 0 Å². The van der Waals surface area contributed by atoms with Gasteiger partial charge in [-0.05, 0) is 13.0 Å². The van der Waals surface area contributed by atoms with Crippen LogP contribution >= 0.6 is 0 Å². The van der Waals surface area contributed by atoms with Crippen molar-refractivity contribution in [1.29, 1.82) is 0 Å². The van der Waals surface area contributed by atoms with E-state index in [9.17, 15) is 24.8 Å².